The van der Waals surface area contributed by atoms with Crippen LogP contribution in [-0.2, 0) is 4.74 Å². The molecule has 4 nitrogen and oxygen atoms in total. The summed E-state index contributed by atoms with van der Waals surface area (Å²) in [5.74, 6) is -0.512. The van der Waals surface area contributed by atoms with Crippen molar-refractivity contribution in [3.63, 3.8) is 0 Å². The van der Waals surface area contributed by atoms with Crippen molar-refractivity contribution in [1.82, 2.24) is 0 Å². The zero-order valence-electron chi connectivity index (χ0n) is 12.1. The second-order valence-electron chi connectivity index (χ2n) is 5.35. The minimum atomic E-state index is -0.560. The molecule has 6 heteroatoms. The lowest BCUT2D eigenvalue weighted by molar-refractivity contribution is 0.0581. The van der Waals surface area contributed by atoms with Crippen molar-refractivity contribution in [3.8, 4) is 0 Å². The Hall–Kier alpha value is -1.69. The van der Waals surface area contributed by atoms with E-state index >= 15 is 0 Å². The normalized spacial score (nSPS) is 23.1. The third-order valence-electron chi connectivity index (χ3n) is 3.84. The van der Waals surface area contributed by atoms with Crippen LogP contribution in [0, 0.1) is 17.6 Å². The van der Waals surface area contributed by atoms with E-state index in [1.807, 2.05) is 0 Å². The summed E-state index contributed by atoms with van der Waals surface area (Å²) < 4.78 is 31.8. The van der Waals surface area contributed by atoms with Gasteiger partial charge in [0, 0.05) is 19.7 Å². The summed E-state index contributed by atoms with van der Waals surface area (Å²) in [5, 5.41) is 2.60. The highest BCUT2D eigenvalue weighted by atomic mass is 19.1. The number of aliphatic imine (C=N–C) groups is 1. The van der Waals surface area contributed by atoms with Crippen LogP contribution in [0.15, 0.2) is 23.2 Å². The Morgan fingerprint density at radius 3 is 2.71 bits per heavy atom. The highest BCUT2D eigenvalue weighted by Gasteiger charge is 2.20. The van der Waals surface area contributed by atoms with E-state index in [0.29, 0.717) is 18.6 Å². The predicted octanol–water partition coefficient (Wildman–Crippen LogP) is 2.90. The molecule has 1 aliphatic carbocycles. The number of hydrogen-bond acceptors (Lipinski definition) is 2. The molecule has 0 bridgehead atoms. The average Bonchev–Trinajstić information content (AvgIpc) is 2.49. The van der Waals surface area contributed by atoms with Crippen LogP contribution in [0.3, 0.4) is 0 Å². The molecular formula is C15H21F2N3O. The number of benzene rings is 1. The molecule has 1 saturated carbocycles. The zero-order chi connectivity index (χ0) is 15.2. The maximum atomic E-state index is 13.5. The molecule has 0 aromatic heterocycles. The zero-order valence-corrected chi connectivity index (χ0v) is 12.1. The van der Waals surface area contributed by atoms with Crippen LogP contribution in [0.4, 0.5) is 14.5 Å². The van der Waals surface area contributed by atoms with E-state index in [4.69, 9.17) is 10.5 Å². The third kappa shape index (κ3) is 4.67. The lowest BCUT2D eigenvalue weighted by Crippen LogP contribution is -2.26. The molecule has 0 heterocycles. The number of halogens is 2. The second kappa shape index (κ2) is 7.36. The van der Waals surface area contributed by atoms with Crippen LogP contribution in [0.2, 0.25) is 0 Å². The van der Waals surface area contributed by atoms with E-state index in [-0.39, 0.29) is 11.6 Å². The van der Waals surface area contributed by atoms with Gasteiger partial charge in [-0.3, -0.25) is 4.99 Å². The van der Waals surface area contributed by atoms with Crippen molar-refractivity contribution < 1.29 is 13.5 Å². The lowest BCUT2D eigenvalue weighted by Gasteiger charge is -2.26. The average molecular weight is 297 g/mol. The number of ether oxygens (including phenoxy) is 1. The molecule has 0 saturated heterocycles. The standard InChI is InChI=1S/C15H21F2N3O/c1-21-12-5-2-10(3-6-12)9-19-15(18)20-14-8-11(16)4-7-13(14)17/h4,7-8,10,12H,2-3,5-6,9H2,1H3,(H3,18,19,20). The summed E-state index contributed by atoms with van der Waals surface area (Å²) in [7, 11) is 1.73. The Labute approximate surface area is 123 Å². The SMILES string of the molecule is COC1CCC(CN=C(N)Nc2cc(F)ccc2F)CC1. The Morgan fingerprint density at radius 2 is 2.05 bits per heavy atom. The Balaban J connectivity index is 1.85. The van der Waals surface area contributed by atoms with Gasteiger partial charge in [-0.2, -0.15) is 0 Å². The van der Waals surface area contributed by atoms with Gasteiger partial charge in [-0.05, 0) is 43.7 Å². The van der Waals surface area contributed by atoms with Gasteiger partial charge in [0.2, 0.25) is 0 Å². The third-order valence-corrected chi connectivity index (χ3v) is 3.84. The van der Waals surface area contributed by atoms with Crippen molar-refractivity contribution in [2.45, 2.75) is 31.8 Å². The van der Waals surface area contributed by atoms with E-state index in [0.717, 1.165) is 43.9 Å². The largest absolute Gasteiger partial charge is 0.381 e. The first-order chi connectivity index (χ1) is 10.1. The van der Waals surface area contributed by atoms with Gasteiger partial charge in [0.25, 0.3) is 0 Å². The number of rotatable bonds is 4. The molecule has 0 amide bonds. The summed E-state index contributed by atoms with van der Waals surface area (Å²) >= 11 is 0. The van der Waals surface area contributed by atoms with E-state index in [9.17, 15) is 8.78 Å². The van der Waals surface area contributed by atoms with Gasteiger partial charge >= 0.3 is 0 Å². The highest BCUT2D eigenvalue weighted by Crippen LogP contribution is 2.26. The number of nitrogens with zero attached hydrogens (tertiary/aromatic N) is 1. The highest BCUT2D eigenvalue weighted by molar-refractivity contribution is 5.92. The van der Waals surface area contributed by atoms with Gasteiger partial charge in [0.1, 0.15) is 11.6 Å². The lowest BCUT2D eigenvalue weighted by atomic mass is 9.87. The fourth-order valence-electron chi connectivity index (χ4n) is 2.55. The molecule has 0 atom stereocenters. The van der Waals surface area contributed by atoms with Gasteiger partial charge in [-0.15, -0.1) is 0 Å². The van der Waals surface area contributed by atoms with Gasteiger partial charge in [0.15, 0.2) is 5.96 Å². The number of methoxy groups -OCH3 is 1. The molecule has 0 spiro atoms. The van der Waals surface area contributed by atoms with Crippen LogP contribution in [0.5, 0.6) is 0 Å². The van der Waals surface area contributed by atoms with Crippen LogP contribution in [0.1, 0.15) is 25.7 Å². The molecule has 1 aromatic rings. The summed E-state index contributed by atoms with van der Waals surface area (Å²) in [6.07, 6.45) is 4.50. The first-order valence-corrected chi connectivity index (χ1v) is 7.13. The molecule has 0 radical (unpaired) electrons. The summed E-state index contributed by atoms with van der Waals surface area (Å²) in [6, 6.07) is 3.17. The molecule has 1 aliphatic rings. The van der Waals surface area contributed by atoms with Crippen LogP contribution in [-0.4, -0.2) is 25.7 Å². The maximum Gasteiger partial charge on any atom is 0.193 e. The van der Waals surface area contributed by atoms with Gasteiger partial charge in [-0.1, -0.05) is 0 Å². The number of nitrogens with one attached hydrogen (secondary N) is 1. The fourth-order valence-corrected chi connectivity index (χ4v) is 2.55. The van der Waals surface area contributed by atoms with Crippen molar-refractivity contribution >= 4 is 11.6 Å². The molecule has 21 heavy (non-hydrogen) atoms. The maximum absolute atomic E-state index is 13.5. The van der Waals surface area contributed by atoms with E-state index < -0.39 is 11.6 Å². The number of anilines is 1. The Morgan fingerprint density at radius 1 is 1.33 bits per heavy atom. The predicted molar refractivity (Wildman–Crippen MR) is 79.2 cm³/mol. The van der Waals surface area contributed by atoms with E-state index in [1.165, 1.54) is 0 Å². The number of nitrogens with two attached hydrogens (primary N) is 1. The van der Waals surface area contributed by atoms with Crippen LogP contribution in [0.25, 0.3) is 0 Å². The molecule has 2 rings (SSSR count). The van der Waals surface area contributed by atoms with Crippen molar-refractivity contribution in [3.05, 3.63) is 29.8 Å². The van der Waals surface area contributed by atoms with Gasteiger partial charge in [0.05, 0.1) is 11.8 Å². The summed E-state index contributed by atoms with van der Waals surface area (Å²) in [6.45, 7) is 0.589. The minimum absolute atomic E-state index is 0.000610. The molecule has 1 aromatic carbocycles. The monoisotopic (exact) mass is 297 g/mol. The number of guanidine groups is 1. The van der Waals surface area contributed by atoms with Gasteiger partial charge < -0.3 is 15.8 Å². The first kappa shape index (κ1) is 15.7. The molecule has 3 N–H and O–H groups in total. The van der Waals surface area contributed by atoms with Crippen molar-refractivity contribution in [2.24, 2.45) is 16.6 Å². The van der Waals surface area contributed by atoms with E-state index in [2.05, 4.69) is 10.3 Å². The first-order valence-electron chi connectivity index (χ1n) is 7.13. The minimum Gasteiger partial charge on any atom is -0.381 e. The molecular weight excluding hydrogens is 276 g/mol. The van der Waals surface area contributed by atoms with E-state index in [1.54, 1.807) is 7.11 Å². The second-order valence-corrected chi connectivity index (χ2v) is 5.35. The van der Waals surface area contributed by atoms with Crippen LogP contribution >= 0.6 is 0 Å². The van der Waals surface area contributed by atoms with Crippen molar-refractivity contribution in [1.29, 1.82) is 0 Å². The Bertz CT molecular complexity index is 500. The quantitative estimate of drug-likeness (QED) is 0.663. The van der Waals surface area contributed by atoms with Gasteiger partial charge in [-0.25, -0.2) is 8.78 Å². The molecule has 1 fully saturated rings. The van der Waals surface area contributed by atoms with Crippen LogP contribution < -0.4 is 11.1 Å². The summed E-state index contributed by atoms with van der Waals surface area (Å²) in [4.78, 5) is 4.22. The Kier molecular flexibility index (Phi) is 5.50. The summed E-state index contributed by atoms with van der Waals surface area (Å²) in [5.41, 5.74) is 5.72. The smallest absolute Gasteiger partial charge is 0.193 e. The molecule has 0 unspecified atom stereocenters. The number of hydrogen-bond donors (Lipinski definition) is 2. The van der Waals surface area contributed by atoms with Crippen molar-refractivity contribution in [2.75, 3.05) is 19.0 Å². The topological polar surface area (TPSA) is 59.6 Å². The molecule has 0 aliphatic heterocycles. The molecule has 116 valence electrons. The fraction of sp³-hybridized carbons (Fsp3) is 0.533.